The quantitative estimate of drug-likeness (QED) is 0.389. The highest BCUT2D eigenvalue weighted by atomic mass is 16.1. The summed E-state index contributed by atoms with van der Waals surface area (Å²) in [7, 11) is 0. The summed E-state index contributed by atoms with van der Waals surface area (Å²) in [6.07, 6.45) is 15.1. The van der Waals surface area contributed by atoms with Crippen LogP contribution in [0.5, 0.6) is 0 Å². The average Bonchev–Trinajstić information content (AvgIpc) is 2.86. The van der Waals surface area contributed by atoms with Gasteiger partial charge in [-0.2, -0.15) is 0 Å². The van der Waals surface area contributed by atoms with E-state index in [1.165, 1.54) is 19.3 Å². The summed E-state index contributed by atoms with van der Waals surface area (Å²) in [6, 6.07) is 0. The molecule has 0 radical (unpaired) electrons. The van der Waals surface area contributed by atoms with Crippen molar-refractivity contribution in [1.82, 2.24) is 10.6 Å². The number of carbonyl (C=O) groups excluding carboxylic acids is 1. The van der Waals surface area contributed by atoms with Crippen molar-refractivity contribution in [3.05, 3.63) is 24.6 Å². The van der Waals surface area contributed by atoms with Crippen LogP contribution in [0, 0.1) is 0 Å². The largest absolute Gasteiger partial charge is 0.338 e. The molecule has 1 amide bonds. The molecule has 1 heterocycles. The summed E-state index contributed by atoms with van der Waals surface area (Å²) in [5, 5.41) is 6.52. The van der Waals surface area contributed by atoms with Crippen LogP contribution >= 0.6 is 0 Å². The van der Waals surface area contributed by atoms with Crippen LogP contribution in [0.15, 0.2) is 24.6 Å². The minimum Gasteiger partial charge on any atom is -0.338 e. The van der Waals surface area contributed by atoms with E-state index in [4.69, 9.17) is 0 Å². The Labute approximate surface area is 129 Å². The van der Waals surface area contributed by atoms with Gasteiger partial charge in [0.15, 0.2) is 12.3 Å². The Morgan fingerprint density at radius 3 is 2.71 bits per heavy atom. The van der Waals surface area contributed by atoms with Crippen LogP contribution in [-0.4, -0.2) is 29.3 Å². The molecule has 3 atom stereocenters. The number of hydrogen-bond acceptors (Lipinski definition) is 2. The molecule has 0 aromatic rings. The number of quaternary nitrogens is 1. The highest BCUT2D eigenvalue weighted by Crippen LogP contribution is 2.25. The Kier molecular flexibility index (Phi) is 7.51. The third-order valence-electron chi connectivity index (χ3n) is 4.37. The Morgan fingerprint density at radius 2 is 2.10 bits per heavy atom. The number of hydrogen-bond donors (Lipinski definition) is 2. The van der Waals surface area contributed by atoms with Crippen LogP contribution in [-0.2, 0) is 4.79 Å². The van der Waals surface area contributed by atoms with Crippen molar-refractivity contribution >= 4 is 5.91 Å². The molecular weight excluding hydrogens is 262 g/mol. The lowest BCUT2D eigenvalue weighted by Crippen LogP contribution is -2.62. The van der Waals surface area contributed by atoms with Crippen molar-refractivity contribution in [2.75, 3.05) is 6.54 Å². The van der Waals surface area contributed by atoms with Crippen LogP contribution in [0.3, 0.4) is 0 Å². The van der Waals surface area contributed by atoms with Gasteiger partial charge < -0.3 is 10.6 Å². The van der Waals surface area contributed by atoms with E-state index in [1.54, 1.807) is 6.92 Å². The molecule has 4 heteroatoms. The molecule has 21 heavy (non-hydrogen) atoms. The molecule has 0 aromatic heterocycles. The molecule has 1 rings (SSSR count). The molecule has 0 aromatic carbocycles. The molecule has 120 valence electrons. The summed E-state index contributed by atoms with van der Waals surface area (Å²) < 4.78 is 0.790. The van der Waals surface area contributed by atoms with Gasteiger partial charge in [0.1, 0.15) is 6.20 Å². The fraction of sp³-hybridized carbons (Fsp3) is 0.706. The van der Waals surface area contributed by atoms with Crippen LogP contribution in [0.2, 0.25) is 0 Å². The van der Waals surface area contributed by atoms with Gasteiger partial charge in [-0.1, -0.05) is 25.5 Å². The van der Waals surface area contributed by atoms with Gasteiger partial charge in [-0.15, -0.1) is 0 Å². The van der Waals surface area contributed by atoms with Crippen LogP contribution in [0.4, 0.5) is 0 Å². The number of nitrogens with zero attached hydrogens (tertiary/aromatic N) is 1. The summed E-state index contributed by atoms with van der Waals surface area (Å²) in [5.41, 5.74) is 0. The summed E-state index contributed by atoms with van der Waals surface area (Å²) in [6.45, 7) is 9.04. The maximum Gasteiger partial charge on any atom is 0.221 e. The van der Waals surface area contributed by atoms with E-state index >= 15 is 0 Å². The van der Waals surface area contributed by atoms with E-state index in [-0.39, 0.29) is 12.1 Å². The number of nitrogens with one attached hydrogen (secondary N) is 2. The Hall–Kier alpha value is -1.29. The Balaban J connectivity index is 2.54. The van der Waals surface area contributed by atoms with Crippen molar-refractivity contribution in [1.29, 1.82) is 0 Å². The van der Waals surface area contributed by atoms with Crippen molar-refractivity contribution in [2.24, 2.45) is 0 Å². The minimum atomic E-state index is 0.0370. The first-order valence-corrected chi connectivity index (χ1v) is 8.29. The first-order chi connectivity index (χ1) is 10.1. The molecule has 1 aliphatic rings. The van der Waals surface area contributed by atoms with Crippen molar-refractivity contribution in [2.45, 2.75) is 72.1 Å². The first kappa shape index (κ1) is 17.8. The molecule has 0 saturated heterocycles. The van der Waals surface area contributed by atoms with E-state index in [9.17, 15) is 4.79 Å². The molecule has 0 spiro atoms. The van der Waals surface area contributed by atoms with E-state index in [0.717, 1.165) is 23.9 Å². The smallest absolute Gasteiger partial charge is 0.221 e. The van der Waals surface area contributed by atoms with Crippen molar-refractivity contribution < 1.29 is 9.28 Å². The zero-order chi connectivity index (χ0) is 15.7. The second-order valence-corrected chi connectivity index (χ2v) is 5.88. The van der Waals surface area contributed by atoms with Crippen LogP contribution in [0.1, 0.15) is 59.8 Å². The SMILES string of the molecule is CCC/C=C/CCCC1NC=C[N+]1(CC)C(C)NC(C)=O. The highest BCUT2D eigenvalue weighted by molar-refractivity contribution is 5.72. The normalized spacial score (nSPS) is 26.0. The van der Waals surface area contributed by atoms with Crippen molar-refractivity contribution in [3.8, 4) is 0 Å². The summed E-state index contributed by atoms with van der Waals surface area (Å²) >= 11 is 0. The standard InChI is InChI=1S/C17H31N3O/c1-5-7-8-9-10-11-12-17-18-13-14-20(17,6-2)15(3)19-16(4)21/h8-9,13-15,17-18H,5-7,10-12H2,1-4H3/p+1/b9-8+. The molecule has 3 unspecified atom stereocenters. The number of carbonyl (C=O) groups is 1. The van der Waals surface area contributed by atoms with Gasteiger partial charge in [-0.05, 0) is 26.2 Å². The Morgan fingerprint density at radius 1 is 1.38 bits per heavy atom. The third kappa shape index (κ3) is 4.88. The fourth-order valence-electron chi connectivity index (χ4n) is 3.10. The molecule has 2 N–H and O–H groups in total. The monoisotopic (exact) mass is 294 g/mol. The zero-order valence-corrected chi connectivity index (χ0v) is 14.1. The first-order valence-electron chi connectivity index (χ1n) is 8.29. The molecule has 0 saturated carbocycles. The van der Waals surface area contributed by atoms with E-state index in [2.05, 4.69) is 49.8 Å². The number of rotatable bonds is 9. The number of amides is 1. The second-order valence-electron chi connectivity index (χ2n) is 5.88. The van der Waals surface area contributed by atoms with E-state index < -0.39 is 0 Å². The maximum absolute atomic E-state index is 11.4. The Bertz CT molecular complexity index is 378. The maximum atomic E-state index is 11.4. The zero-order valence-electron chi connectivity index (χ0n) is 14.1. The van der Waals surface area contributed by atoms with Gasteiger partial charge in [0.05, 0.1) is 12.7 Å². The molecule has 1 aliphatic heterocycles. The number of allylic oxidation sites excluding steroid dienone is 2. The van der Waals surface area contributed by atoms with E-state index in [1.807, 2.05) is 6.20 Å². The third-order valence-corrected chi connectivity index (χ3v) is 4.37. The van der Waals surface area contributed by atoms with Gasteiger partial charge in [0, 0.05) is 20.3 Å². The molecular formula is C17H32N3O+. The van der Waals surface area contributed by atoms with Crippen LogP contribution < -0.4 is 10.6 Å². The predicted molar refractivity (Wildman–Crippen MR) is 88.0 cm³/mol. The average molecular weight is 294 g/mol. The highest BCUT2D eigenvalue weighted by Gasteiger charge is 2.41. The van der Waals surface area contributed by atoms with Gasteiger partial charge in [0.2, 0.25) is 5.91 Å². The topological polar surface area (TPSA) is 41.1 Å². The lowest BCUT2D eigenvalue weighted by atomic mass is 10.1. The fourth-order valence-corrected chi connectivity index (χ4v) is 3.10. The second kappa shape index (κ2) is 8.88. The van der Waals surface area contributed by atoms with Gasteiger partial charge in [-0.25, -0.2) is 0 Å². The lowest BCUT2D eigenvalue weighted by Gasteiger charge is -2.41. The molecule has 0 fully saturated rings. The molecule has 0 aliphatic carbocycles. The number of unbranched alkanes of at least 4 members (excludes halogenated alkanes) is 2. The van der Waals surface area contributed by atoms with Gasteiger partial charge >= 0.3 is 0 Å². The van der Waals surface area contributed by atoms with Crippen molar-refractivity contribution in [3.63, 3.8) is 0 Å². The van der Waals surface area contributed by atoms with Crippen LogP contribution in [0.25, 0.3) is 0 Å². The van der Waals surface area contributed by atoms with Gasteiger partial charge in [0.25, 0.3) is 0 Å². The summed E-state index contributed by atoms with van der Waals surface area (Å²) in [4.78, 5) is 11.4. The lowest BCUT2D eigenvalue weighted by molar-refractivity contribution is -0.923. The van der Waals surface area contributed by atoms with Gasteiger partial charge in [-0.3, -0.25) is 9.28 Å². The molecule has 4 nitrogen and oxygen atoms in total. The molecule has 0 bridgehead atoms. The predicted octanol–water partition coefficient (Wildman–Crippen LogP) is 3.23. The summed E-state index contributed by atoms with van der Waals surface area (Å²) in [5.74, 6) is 0.0370. The van der Waals surface area contributed by atoms with E-state index in [0.29, 0.717) is 6.17 Å². The minimum absolute atomic E-state index is 0.0370.